The number of hydrogen-bond donors (Lipinski definition) is 1. The van der Waals surface area contributed by atoms with Gasteiger partial charge in [-0.25, -0.2) is 9.18 Å². The molecule has 0 aliphatic rings. The standard InChI is InChI=1S/C21H17ClFNO2S.C2H6/c1-13-8-15(22)10-16(9-13)27-24-20-12-17(14-6-4-3-5-7-14)19(23)11-18(20)21(25)26-2;1-2/h3-12,24H,1-2H3;1-2H3. The first-order valence-corrected chi connectivity index (χ1v) is 10.3. The van der Waals surface area contributed by atoms with Crippen molar-refractivity contribution in [1.29, 1.82) is 0 Å². The van der Waals surface area contributed by atoms with Crippen LogP contribution in [0.25, 0.3) is 11.1 Å². The lowest BCUT2D eigenvalue weighted by Gasteiger charge is -2.14. The Kier molecular flexibility index (Phi) is 8.55. The van der Waals surface area contributed by atoms with E-state index in [2.05, 4.69) is 4.72 Å². The number of aryl methyl sites for hydroxylation is 1. The molecule has 0 bridgehead atoms. The lowest BCUT2D eigenvalue weighted by Crippen LogP contribution is -2.06. The quantitative estimate of drug-likeness (QED) is 0.337. The van der Waals surface area contributed by atoms with Crippen LogP contribution in [-0.2, 0) is 4.74 Å². The smallest absolute Gasteiger partial charge is 0.340 e. The van der Waals surface area contributed by atoms with Gasteiger partial charge in [0.05, 0.1) is 18.4 Å². The average Bonchev–Trinajstić information content (AvgIpc) is 2.73. The zero-order chi connectivity index (χ0) is 21.4. The first kappa shape index (κ1) is 22.8. The van der Waals surface area contributed by atoms with E-state index in [4.69, 9.17) is 16.3 Å². The van der Waals surface area contributed by atoms with Gasteiger partial charge in [0.2, 0.25) is 0 Å². The number of carbonyl (C=O) groups excluding carboxylic acids is 1. The summed E-state index contributed by atoms with van der Waals surface area (Å²) >= 11 is 7.39. The van der Waals surface area contributed by atoms with Crippen LogP contribution in [0.3, 0.4) is 0 Å². The highest BCUT2D eigenvalue weighted by atomic mass is 35.5. The van der Waals surface area contributed by atoms with Crippen molar-refractivity contribution in [2.24, 2.45) is 0 Å². The van der Waals surface area contributed by atoms with Crippen LogP contribution in [0.4, 0.5) is 10.1 Å². The fourth-order valence-electron chi connectivity index (χ4n) is 2.65. The van der Waals surface area contributed by atoms with Crippen molar-refractivity contribution >= 4 is 35.2 Å². The van der Waals surface area contributed by atoms with Gasteiger partial charge in [-0.3, -0.25) is 0 Å². The van der Waals surface area contributed by atoms with Crippen molar-refractivity contribution in [3.63, 3.8) is 0 Å². The molecule has 6 heteroatoms. The number of carbonyl (C=O) groups is 1. The second kappa shape index (κ2) is 10.9. The molecule has 0 saturated heterocycles. The lowest BCUT2D eigenvalue weighted by molar-refractivity contribution is 0.0601. The highest BCUT2D eigenvalue weighted by Crippen LogP contribution is 2.33. The molecule has 3 rings (SSSR count). The number of esters is 1. The molecule has 3 nitrogen and oxygen atoms in total. The van der Waals surface area contributed by atoms with Crippen molar-refractivity contribution in [1.82, 2.24) is 0 Å². The minimum atomic E-state index is -0.612. The van der Waals surface area contributed by atoms with Crippen molar-refractivity contribution in [2.45, 2.75) is 25.7 Å². The molecule has 0 atom stereocenters. The summed E-state index contributed by atoms with van der Waals surface area (Å²) in [6.45, 7) is 5.95. The van der Waals surface area contributed by atoms with Gasteiger partial charge in [0.1, 0.15) is 5.82 Å². The summed E-state index contributed by atoms with van der Waals surface area (Å²) in [5.41, 5.74) is 2.72. The van der Waals surface area contributed by atoms with Crippen molar-refractivity contribution < 1.29 is 13.9 Å². The first-order chi connectivity index (χ1) is 14.0. The summed E-state index contributed by atoms with van der Waals surface area (Å²) in [5, 5.41) is 0.622. The van der Waals surface area contributed by atoms with E-state index in [1.807, 2.05) is 69.3 Å². The Hall–Kier alpha value is -2.50. The van der Waals surface area contributed by atoms with Gasteiger partial charge in [0.15, 0.2) is 0 Å². The second-order valence-corrected chi connectivity index (χ2v) is 7.22. The Morgan fingerprint density at radius 2 is 1.76 bits per heavy atom. The Morgan fingerprint density at radius 1 is 1.07 bits per heavy atom. The van der Waals surface area contributed by atoms with E-state index >= 15 is 0 Å². The highest BCUT2D eigenvalue weighted by molar-refractivity contribution is 8.00. The number of anilines is 1. The van der Waals surface area contributed by atoms with Gasteiger partial charge < -0.3 is 9.46 Å². The molecule has 29 heavy (non-hydrogen) atoms. The van der Waals surface area contributed by atoms with Crippen LogP contribution >= 0.6 is 23.5 Å². The Balaban J connectivity index is 0.00000145. The Bertz CT molecular complexity index is 960. The predicted octanol–water partition coefficient (Wildman–Crippen LogP) is 7.39. The molecule has 0 spiro atoms. The zero-order valence-electron chi connectivity index (χ0n) is 16.8. The number of ether oxygens (including phenoxy) is 1. The van der Waals surface area contributed by atoms with Gasteiger partial charge in [0.25, 0.3) is 0 Å². The van der Waals surface area contributed by atoms with E-state index in [1.165, 1.54) is 25.1 Å². The molecule has 0 fully saturated rings. The molecule has 0 amide bonds. The summed E-state index contributed by atoms with van der Waals surface area (Å²) < 4.78 is 22.5. The molecule has 3 aromatic carbocycles. The van der Waals surface area contributed by atoms with Gasteiger partial charge in [-0.2, -0.15) is 0 Å². The maximum Gasteiger partial charge on any atom is 0.340 e. The van der Waals surface area contributed by atoms with Gasteiger partial charge in [0, 0.05) is 15.5 Å². The van der Waals surface area contributed by atoms with E-state index in [0.29, 0.717) is 16.3 Å². The molecule has 0 saturated carbocycles. The summed E-state index contributed by atoms with van der Waals surface area (Å²) in [4.78, 5) is 13.0. The van der Waals surface area contributed by atoms with Crippen molar-refractivity contribution in [3.8, 4) is 11.1 Å². The topological polar surface area (TPSA) is 38.3 Å². The van der Waals surface area contributed by atoms with Crippen LogP contribution in [0.5, 0.6) is 0 Å². The number of nitrogens with one attached hydrogen (secondary N) is 1. The number of methoxy groups -OCH3 is 1. The normalized spacial score (nSPS) is 10.0. The molecule has 0 radical (unpaired) electrons. The number of benzene rings is 3. The molecule has 152 valence electrons. The molecule has 0 aliphatic carbocycles. The van der Waals surface area contributed by atoms with Crippen LogP contribution in [-0.4, -0.2) is 13.1 Å². The highest BCUT2D eigenvalue weighted by Gasteiger charge is 2.17. The van der Waals surface area contributed by atoms with Crippen LogP contribution in [0, 0.1) is 12.7 Å². The molecule has 0 aliphatic heterocycles. The molecule has 0 unspecified atom stereocenters. The number of halogens is 2. The lowest BCUT2D eigenvalue weighted by atomic mass is 10.0. The maximum absolute atomic E-state index is 14.6. The Labute approximate surface area is 180 Å². The molecular formula is C23H23ClFNO2S. The summed E-state index contributed by atoms with van der Waals surface area (Å²) in [5.74, 6) is -1.10. The second-order valence-electron chi connectivity index (χ2n) is 5.90. The van der Waals surface area contributed by atoms with Crippen molar-refractivity contribution in [2.75, 3.05) is 11.8 Å². The van der Waals surface area contributed by atoms with E-state index in [0.717, 1.165) is 16.0 Å². The number of rotatable bonds is 5. The minimum absolute atomic E-state index is 0.126. The van der Waals surface area contributed by atoms with Gasteiger partial charge in [-0.05, 0) is 60.3 Å². The first-order valence-electron chi connectivity index (χ1n) is 9.15. The van der Waals surface area contributed by atoms with Gasteiger partial charge in [-0.15, -0.1) is 0 Å². The van der Waals surface area contributed by atoms with Gasteiger partial charge >= 0.3 is 5.97 Å². The summed E-state index contributed by atoms with van der Waals surface area (Å²) in [7, 11) is 1.27. The minimum Gasteiger partial charge on any atom is -0.465 e. The third-order valence-corrected chi connectivity index (χ3v) is 4.90. The zero-order valence-corrected chi connectivity index (χ0v) is 18.3. The van der Waals surface area contributed by atoms with Gasteiger partial charge in [-0.1, -0.05) is 55.8 Å². The van der Waals surface area contributed by atoms with Crippen LogP contribution in [0.1, 0.15) is 29.8 Å². The fraction of sp³-hybridized carbons (Fsp3) is 0.174. The summed E-state index contributed by atoms with van der Waals surface area (Å²) in [6.07, 6.45) is 0. The van der Waals surface area contributed by atoms with E-state index in [9.17, 15) is 9.18 Å². The fourth-order valence-corrected chi connectivity index (χ4v) is 3.83. The third kappa shape index (κ3) is 5.99. The van der Waals surface area contributed by atoms with Crippen LogP contribution < -0.4 is 4.72 Å². The van der Waals surface area contributed by atoms with Crippen LogP contribution in [0.2, 0.25) is 5.02 Å². The van der Waals surface area contributed by atoms with Crippen molar-refractivity contribution in [3.05, 3.63) is 82.6 Å². The average molecular weight is 432 g/mol. The third-order valence-electron chi connectivity index (χ3n) is 3.89. The predicted molar refractivity (Wildman–Crippen MR) is 120 cm³/mol. The largest absolute Gasteiger partial charge is 0.465 e. The molecule has 0 heterocycles. The van der Waals surface area contributed by atoms with E-state index in [-0.39, 0.29) is 5.56 Å². The SMILES string of the molecule is CC.COC(=O)c1cc(F)c(-c2ccccc2)cc1NSc1cc(C)cc(Cl)c1. The Morgan fingerprint density at radius 3 is 2.38 bits per heavy atom. The molecule has 3 aromatic rings. The van der Waals surface area contributed by atoms with E-state index in [1.54, 1.807) is 6.07 Å². The monoisotopic (exact) mass is 431 g/mol. The molecule has 1 N–H and O–H groups in total. The maximum atomic E-state index is 14.6. The van der Waals surface area contributed by atoms with Crippen LogP contribution in [0.15, 0.2) is 65.6 Å². The number of hydrogen-bond acceptors (Lipinski definition) is 4. The molecular weight excluding hydrogens is 409 g/mol. The summed E-state index contributed by atoms with van der Waals surface area (Å²) in [6, 6.07) is 17.6. The molecule has 0 aromatic heterocycles. The van der Waals surface area contributed by atoms with E-state index < -0.39 is 11.8 Å².